The zero-order valence-electron chi connectivity index (χ0n) is 12.6. The Kier molecular flexibility index (Phi) is 3.82. The van der Waals surface area contributed by atoms with Gasteiger partial charge in [0.2, 0.25) is 12.5 Å². The summed E-state index contributed by atoms with van der Waals surface area (Å²) in [5.74, 6) is 3.12. The van der Waals surface area contributed by atoms with E-state index in [1.807, 2.05) is 30.3 Å². The molecule has 1 aliphatic rings. The first-order valence-corrected chi connectivity index (χ1v) is 6.72. The van der Waals surface area contributed by atoms with Gasteiger partial charge in [0.1, 0.15) is 0 Å². The van der Waals surface area contributed by atoms with E-state index in [-0.39, 0.29) is 6.79 Å². The lowest BCUT2D eigenvalue weighted by atomic mass is 10.2. The molecular weight excluding hydrogens is 286 g/mol. The molecule has 2 aromatic carbocycles. The van der Waals surface area contributed by atoms with Crippen LogP contribution in [0.4, 0.5) is 11.4 Å². The van der Waals surface area contributed by atoms with E-state index in [0.717, 1.165) is 17.1 Å². The minimum atomic E-state index is 0.225. The van der Waals surface area contributed by atoms with Crippen LogP contribution in [0.25, 0.3) is 0 Å². The van der Waals surface area contributed by atoms with Gasteiger partial charge in [0.05, 0.1) is 27.0 Å². The number of hydrogen-bond acceptors (Lipinski definition) is 6. The van der Waals surface area contributed by atoms with Gasteiger partial charge in [-0.3, -0.25) is 0 Å². The van der Waals surface area contributed by atoms with Gasteiger partial charge < -0.3 is 29.0 Å². The van der Waals surface area contributed by atoms with Crippen molar-refractivity contribution in [3.8, 4) is 28.7 Å². The summed E-state index contributed by atoms with van der Waals surface area (Å²) in [6.07, 6.45) is 0. The highest BCUT2D eigenvalue weighted by molar-refractivity contribution is 5.73. The monoisotopic (exact) mass is 303 g/mol. The second-order valence-electron chi connectivity index (χ2n) is 4.58. The van der Waals surface area contributed by atoms with Gasteiger partial charge in [-0.25, -0.2) is 0 Å². The summed E-state index contributed by atoms with van der Waals surface area (Å²) in [6, 6.07) is 9.33. The average Bonchev–Trinajstić information content (AvgIpc) is 3.03. The second-order valence-corrected chi connectivity index (χ2v) is 4.58. The van der Waals surface area contributed by atoms with E-state index >= 15 is 0 Å². The number of nitrogens with one attached hydrogen (secondary N) is 1. The molecule has 0 saturated carbocycles. The predicted molar refractivity (Wildman–Crippen MR) is 81.9 cm³/mol. The van der Waals surface area contributed by atoms with Crippen molar-refractivity contribution in [2.45, 2.75) is 0 Å². The van der Waals surface area contributed by atoms with Crippen LogP contribution in [0.3, 0.4) is 0 Å². The van der Waals surface area contributed by atoms with Crippen molar-refractivity contribution in [3.05, 3.63) is 30.3 Å². The topological polar surface area (TPSA) is 58.2 Å². The fourth-order valence-corrected chi connectivity index (χ4v) is 2.34. The lowest BCUT2D eigenvalue weighted by Crippen LogP contribution is -1.98. The Balaban J connectivity index is 1.98. The summed E-state index contributed by atoms with van der Waals surface area (Å²) in [6.45, 7) is 0.225. The quantitative estimate of drug-likeness (QED) is 0.915. The van der Waals surface area contributed by atoms with Gasteiger partial charge in [-0.05, 0) is 12.1 Å². The Morgan fingerprint density at radius 3 is 2.32 bits per heavy atom. The van der Waals surface area contributed by atoms with E-state index in [9.17, 15) is 0 Å². The van der Waals surface area contributed by atoms with E-state index in [1.165, 1.54) is 0 Å². The third kappa shape index (κ3) is 2.43. The summed E-state index contributed by atoms with van der Waals surface area (Å²) < 4.78 is 26.9. The molecule has 0 fully saturated rings. The molecule has 116 valence electrons. The van der Waals surface area contributed by atoms with E-state index < -0.39 is 0 Å². The summed E-state index contributed by atoms with van der Waals surface area (Å²) in [7, 11) is 4.74. The maximum absolute atomic E-state index is 5.49. The largest absolute Gasteiger partial charge is 0.493 e. The van der Waals surface area contributed by atoms with Gasteiger partial charge in [0, 0.05) is 17.8 Å². The Morgan fingerprint density at radius 2 is 1.68 bits per heavy atom. The van der Waals surface area contributed by atoms with Crippen LogP contribution in [-0.2, 0) is 0 Å². The normalized spacial score (nSPS) is 12.0. The molecule has 0 atom stereocenters. The van der Waals surface area contributed by atoms with E-state index in [1.54, 1.807) is 21.3 Å². The third-order valence-electron chi connectivity index (χ3n) is 3.34. The van der Waals surface area contributed by atoms with Crippen molar-refractivity contribution in [1.29, 1.82) is 0 Å². The summed E-state index contributed by atoms with van der Waals surface area (Å²) in [5, 5.41) is 3.28. The molecule has 1 N–H and O–H groups in total. The molecule has 0 radical (unpaired) electrons. The van der Waals surface area contributed by atoms with Crippen LogP contribution in [0.1, 0.15) is 0 Å². The van der Waals surface area contributed by atoms with Gasteiger partial charge in [0.25, 0.3) is 0 Å². The molecule has 1 aliphatic heterocycles. The lowest BCUT2D eigenvalue weighted by Gasteiger charge is -2.15. The van der Waals surface area contributed by atoms with Crippen molar-refractivity contribution in [3.63, 3.8) is 0 Å². The van der Waals surface area contributed by atoms with Gasteiger partial charge in [-0.15, -0.1) is 0 Å². The third-order valence-corrected chi connectivity index (χ3v) is 3.34. The highest BCUT2D eigenvalue weighted by atomic mass is 16.7. The molecule has 3 rings (SSSR count). The van der Waals surface area contributed by atoms with Crippen LogP contribution >= 0.6 is 0 Å². The molecule has 1 heterocycles. The molecule has 2 aromatic rings. The highest BCUT2D eigenvalue weighted by Crippen LogP contribution is 2.43. The number of ether oxygens (including phenoxy) is 5. The molecule has 0 aromatic heterocycles. The maximum Gasteiger partial charge on any atom is 0.231 e. The molecule has 0 bridgehead atoms. The Hall–Kier alpha value is -2.76. The summed E-state index contributed by atoms with van der Waals surface area (Å²) >= 11 is 0. The first-order valence-electron chi connectivity index (χ1n) is 6.72. The van der Waals surface area contributed by atoms with Crippen LogP contribution in [0, 0.1) is 0 Å². The lowest BCUT2D eigenvalue weighted by molar-refractivity contribution is 0.174. The SMILES string of the molecule is COc1cc(Nc2cccc3c2OCO3)cc(OC)c1OC. The molecule has 22 heavy (non-hydrogen) atoms. The zero-order chi connectivity index (χ0) is 15.5. The Labute approximate surface area is 128 Å². The molecule has 0 aliphatic carbocycles. The summed E-state index contributed by atoms with van der Waals surface area (Å²) in [4.78, 5) is 0. The van der Waals surface area contributed by atoms with Crippen LogP contribution in [0.5, 0.6) is 28.7 Å². The van der Waals surface area contributed by atoms with Crippen molar-refractivity contribution in [1.82, 2.24) is 0 Å². The van der Waals surface area contributed by atoms with Gasteiger partial charge in [-0.1, -0.05) is 6.07 Å². The number of rotatable bonds is 5. The van der Waals surface area contributed by atoms with Crippen molar-refractivity contribution in [2.75, 3.05) is 33.4 Å². The number of fused-ring (bicyclic) bond motifs is 1. The van der Waals surface area contributed by atoms with Crippen LogP contribution in [0.2, 0.25) is 0 Å². The number of benzene rings is 2. The Morgan fingerprint density at radius 1 is 0.955 bits per heavy atom. The highest BCUT2D eigenvalue weighted by Gasteiger charge is 2.19. The fourth-order valence-electron chi connectivity index (χ4n) is 2.34. The first-order chi connectivity index (χ1) is 10.8. The predicted octanol–water partition coefficient (Wildman–Crippen LogP) is 3.18. The molecule has 0 saturated heterocycles. The number of hydrogen-bond donors (Lipinski definition) is 1. The minimum Gasteiger partial charge on any atom is -0.493 e. The molecule has 6 nitrogen and oxygen atoms in total. The van der Waals surface area contributed by atoms with Gasteiger partial charge >= 0.3 is 0 Å². The molecule has 6 heteroatoms. The molecule has 0 spiro atoms. The van der Waals surface area contributed by atoms with E-state index in [4.69, 9.17) is 23.7 Å². The minimum absolute atomic E-state index is 0.225. The van der Waals surface area contributed by atoms with Crippen LogP contribution in [0.15, 0.2) is 30.3 Å². The number of methoxy groups -OCH3 is 3. The van der Waals surface area contributed by atoms with Crippen LogP contribution in [-0.4, -0.2) is 28.1 Å². The smallest absolute Gasteiger partial charge is 0.231 e. The van der Waals surface area contributed by atoms with Crippen molar-refractivity contribution in [2.24, 2.45) is 0 Å². The summed E-state index contributed by atoms with van der Waals surface area (Å²) in [5.41, 5.74) is 1.60. The zero-order valence-corrected chi connectivity index (χ0v) is 12.6. The van der Waals surface area contributed by atoms with Gasteiger partial charge in [-0.2, -0.15) is 0 Å². The number of para-hydroxylation sites is 1. The number of anilines is 2. The van der Waals surface area contributed by atoms with Gasteiger partial charge in [0.15, 0.2) is 23.0 Å². The average molecular weight is 303 g/mol. The Bertz CT molecular complexity index is 661. The van der Waals surface area contributed by atoms with E-state index in [0.29, 0.717) is 23.0 Å². The van der Waals surface area contributed by atoms with Crippen LogP contribution < -0.4 is 29.0 Å². The van der Waals surface area contributed by atoms with E-state index in [2.05, 4.69) is 5.32 Å². The molecule has 0 amide bonds. The molecular formula is C16H17NO5. The molecule has 0 unspecified atom stereocenters. The first kappa shape index (κ1) is 14.2. The second kappa shape index (κ2) is 5.93. The van der Waals surface area contributed by atoms with Crippen molar-refractivity contribution >= 4 is 11.4 Å². The van der Waals surface area contributed by atoms with Crippen molar-refractivity contribution < 1.29 is 23.7 Å². The standard InChI is InChI=1S/C16H17NO5/c1-18-13-7-10(8-14(19-2)16(13)20-3)17-11-5-4-6-12-15(11)22-9-21-12/h4-8,17H,9H2,1-3H3. The fraction of sp³-hybridized carbons (Fsp3) is 0.250. The maximum atomic E-state index is 5.49.